The molecule has 0 amide bonds. The molecule has 258 valence electrons. The van der Waals surface area contributed by atoms with Crippen molar-refractivity contribution in [1.29, 1.82) is 0 Å². The second kappa shape index (κ2) is 13.7. The number of methoxy groups -OCH3 is 1. The summed E-state index contributed by atoms with van der Waals surface area (Å²) in [6, 6.07) is 7.96. The lowest BCUT2D eigenvalue weighted by Crippen LogP contribution is -2.29. The molecular weight excluding hydrogens is 644 g/mol. The predicted octanol–water partition coefficient (Wildman–Crippen LogP) is 6.20. The van der Waals surface area contributed by atoms with Gasteiger partial charge in [-0.25, -0.2) is 9.97 Å². The van der Waals surface area contributed by atoms with Gasteiger partial charge in [-0.2, -0.15) is 9.97 Å². The zero-order valence-corrected chi connectivity index (χ0v) is 29.6. The van der Waals surface area contributed by atoms with Crippen molar-refractivity contribution in [2.24, 2.45) is 0 Å². The van der Waals surface area contributed by atoms with Crippen LogP contribution in [0.2, 0.25) is 0 Å². The molecule has 2 aromatic carbocycles. The SMILES string of the molecule is CCOc1cc(Cc2cnc(N)nc2N)cc2c1OC(C)(C)C=C2C.COc1cc(Cc2cnc(N)nc2N)cc2c1OC(C)(C)C=C2Cl. The number of nitrogens with zero attached hydrogens (tertiary/aromatic N) is 4. The molecule has 0 radical (unpaired) electrons. The number of anilines is 4. The number of benzene rings is 2. The van der Waals surface area contributed by atoms with Crippen LogP contribution in [0.4, 0.5) is 23.5 Å². The van der Waals surface area contributed by atoms with Gasteiger partial charge in [0.2, 0.25) is 11.9 Å². The van der Waals surface area contributed by atoms with Gasteiger partial charge in [0.1, 0.15) is 22.8 Å². The van der Waals surface area contributed by atoms with E-state index >= 15 is 0 Å². The van der Waals surface area contributed by atoms with E-state index in [0.29, 0.717) is 47.6 Å². The Morgan fingerprint density at radius 3 is 1.73 bits per heavy atom. The molecule has 0 saturated heterocycles. The molecule has 2 aliphatic rings. The van der Waals surface area contributed by atoms with E-state index in [1.54, 1.807) is 19.5 Å². The molecule has 8 N–H and O–H groups in total. The fourth-order valence-corrected chi connectivity index (χ4v) is 6.17. The Balaban J connectivity index is 0.000000191. The first-order chi connectivity index (χ1) is 23.1. The molecule has 0 atom stereocenters. The molecule has 0 aliphatic carbocycles. The second-order valence-electron chi connectivity index (χ2n) is 12.9. The number of aromatic nitrogens is 4. The van der Waals surface area contributed by atoms with Crippen LogP contribution in [-0.4, -0.2) is 44.9 Å². The van der Waals surface area contributed by atoms with Crippen molar-refractivity contribution in [2.75, 3.05) is 36.7 Å². The summed E-state index contributed by atoms with van der Waals surface area (Å²) in [5.41, 5.74) is 28.8. The molecular formula is C36H43ClN8O4. The van der Waals surface area contributed by atoms with Crippen molar-refractivity contribution >= 4 is 45.7 Å². The lowest BCUT2D eigenvalue weighted by atomic mass is 9.93. The molecule has 0 saturated carbocycles. The van der Waals surface area contributed by atoms with Crippen molar-refractivity contribution in [3.63, 3.8) is 0 Å². The van der Waals surface area contributed by atoms with Gasteiger partial charge in [0.15, 0.2) is 23.0 Å². The summed E-state index contributed by atoms with van der Waals surface area (Å²) in [5, 5.41) is 0.628. The monoisotopic (exact) mass is 686 g/mol. The molecule has 0 bridgehead atoms. The van der Waals surface area contributed by atoms with Gasteiger partial charge in [-0.15, -0.1) is 0 Å². The number of hydrogen-bond donors (Lipinski definition) is 4. The van der Waals surface area contributed by atoms with Crippen molar-refractivity contribution < 1.29 is 18.9 Å². The van der Waals surface area contributed by atoms with Crippen LogP contribution < -0.4 is 41.9 Å². The van der Waals surface area contributed by atoms with E-state index in [0.717, 1.165) is 50.5 Å². The van der Waals surface area contributed by atoms with Crippen LogP contribution in [0, 0.1) is 0 Å². The molecule has 2 aromatic heterocycles. The summed E-state index contributed by atoms with van der Waals surface area (Å²) >= 11 is 6.45. The first-order valence-electron chi connectivity index (χ1n) is 15.8. The van der Waals surface area contributed by atoms with Crippen LogP contribution in [-0.2, 0) is 12.8 Å². The van der Waals surface area contributed by atoms with E-state index in [1.165, 1.54) is 0 Å². The number of ether oxygens (including phenoxy) is 4. The maximum Gasteiger partial charge on any atom is 0.221 e. The van der Waals surface area contributed by atoms with Crippen LogP contribution >= 0.6 is 11.6 Å². The Hall–Kier alpha value is -5.23. The third kappa shape index (κ3) is 8.09. The molecule has 13 heteroatoms. The maximum absolute atomic E-state index is 6.45. The van der Waals surface area contributed by atoms with E-state index < -0.39 is 5.60 Å². The van der Waals surface area contributed by atoms with Gasteiger partial charge in [-0.05, 0) is 94.7 Å². The maximum atomic E-state index is 6.45. The standard InChI is InChI=1S/C19H24N4O2.C17H19ClN4O2/c1-5-24-15-8-12(6-13-10-22-18(21)23-17(13)20)7-14-11(2)9-19(3,4)25-16(14)15;1-17(2)7-12(18)11-5-9(6-13(23-3)14(11)24-17)4-10-8-21-16(20)22-15(10)19/h7-10H,5-6H2,1-4H3,(H4,20,21,22,23);5-8H,4H2,1-3H3,(H4,19,20,21,22). The minimum absolute atomic E-state index is 0.154. The first kappa shape index (κ1) is 35.1. The molecule has 0 fully saturated rings. The molecule has 12 nitrogen and oxygen atoms in total. The third-order valence-electron chi connectivity index (χ3n) is 7.82. The average Bonchev–Trinajstić information content (AvgIpc) is 3.00. The second-order valence-corrected chi connectivity index (χ2v) is 13.3. The predicted molar refractivity (Wildman–Crippen MR) is 195 cm³/mol. The summed E-state index contributed by atoms with van der Waals surface area (Å²) in [7, 11) is 1.60. The number of nitrogens with two attached hydrogens (primary N) is 4. The van der Waals surface area contributed by atoms with Crippen molar-refractivity contribution in [3.05, 3.63) is 82.2 Å². The zero-order chi connectivity index (χ0) is 35.7. The van der Waals surface area contributed by atoms with Crippen LogP contribution in [0.3, 0.4) is 0 Å². The summed E-state index contributed by atoms with van der Waals surface area (Å²) < 4.78 is 23.5. The molecule has 0 unspecified atom stereocenters. The van der Waals surface area contributed by atoms with Gasteiger partial charge in [-0.3, -0.25) is 0 Å². The Labute approximate surface area is 291 Å². The van der Waals surface area contributed by atoms with Gasteiger partial charge >= 0.3 is 0 Å². The Morgan fingerprint density at radius 2 is 1.22 bits per heavy atom. The molecule has 0 spiro atoms. The highest BCUT2D eigenvalue weighted by Gasteiger charge is 2.30. The van der Waals surface area contributed by atoms with Gasteiger partial charge in [0.05, 0.1) is 18.7 Å². The van der Waals surface area contributed by atoms with E-state index in [2.05, 4.69) is 39.0 Å². The number of nitrogen functional groups attached to an aromatic ring is 4. The average molecular weight is 687 g/mol. The zero-order valence-electron chi connectivity index (χ0n) is 28.8. The molecule has 4 heterocycles. The highest BCUT2D eigenvalue weighted by atomic mass is 35.5. The molecule has 4 aromatic rings. The Kier molecular flexibility index (Phi) is 9.82. The minimum Gasteiger partial charge on any atom is -0.493 e. The topological polar surface area (TPSA) is 193 Å². The van der Waals surface area contributed by atoms with E-state index in [4.69, 9.17) is 53.5 Å². The molecule has 6 rings (SSSR count). The summed E-state index contributed by atoms with van der Waals surface area (Å²) in [4.78, 5) is 16.0. The quantitative estimate of drug-likeness (QED) is 0.172. The largest absolute Gasteiger partial charge is 0.493 e. The summed E-state index contributed by atoms with van der Waals surface area (Å²) in [6.07, 6.45) is 8.41. The normalized spacial score (nSPS) is 15.2. The van der Waals surface area contributed by atoms with Crippen molar-refractivity contribution in [2.45, 2.75) is 65.6 Å². The summed E-state index contributed by atoms with van der Waals surface area (Å²) in [6.45, 7) is 12.6. The van der Waals surface area contributed by atoms with E-state index in [1.807, 2.05) is 58.9 Å². The highest BCUT2D eigenvalue weighted by Crippen LogP contribution is 2.45. The number of halogens is 1. The van der Waals surface area contributed by atoms with E-state index in [9.17, 15) is 0 Å². The summed E-state index contributed by atoms with van der Waals surface area (Å²) in [5.74, 6) is 3.88. The number of hydrogen-bond acceptors (Lipinski definition) is 12. The minimum atomic E-state index is -0.492. The Bertz CT molecular complexity index is 1960. The van der Waals surface area contributed by atoms with Gasteiger partial charge in [-0.1, -0.05) is 11.6 Å². The van der Waals surface area contributed by atoms with Gasteiger partial charge < -0.3 is 41.9 Å². The van der Waals surface area contributed by atoms with Crippen LogP contribution in [0.5, 0.6) is 23.0 Å². The number of rotatable bonds is 7. The van der Waals surface area contributed by atoms with Crippen LogP contribution in [0.1, 0.15) is 74.9 Å². The van der Waals surface area contributed by atoms with Gasteiger partial charge in [0.25, 0.3) is 0 Å². The highest BCUT2D eigenvalue weighted by molar-refractivity contribution is 6.49. The van der Waals surface area contributed by atoms with Crippen molar-refractivity contribution in [1.82, 2.24) is 19.9 Å². The fourth-order valence-electron chi connectivity index (χ4n) is 5.77. The number of fused-ring (bicyclic) bond motifs is 2. The first-order valence-corrected chi connectivity index (χ1v) is 16.2. The van der Waals surface area contributed by atoms with E-state index in [-0.39, 0.29) is 17.5 Å². The lowest BCUT2D eigenvalue weighted by Gasteiger charge is -2.32. The molecule has 2 aliphatic heterocycles. The van der Waals surface area contributed by atoms with Gasteiger partial charge in [0, 0.05) is 47.5 Å². The fraction of sp³-hybridized carbons (Fsp3) is 0.333. The van der Waals surface area contributed by atoms with Crippen molar-refractivity contribution in [3.8, 4) is 23.0 Å². The smallest absolute Gasteiger partial charge is 0.221 e. The third-order valence-corrected chi connectivity index (χ3v) is 8.14. The molecule has 49 heavy (non-hydrogen) atoms. The lowest BCUT2D eigenvalue weighted by molar-refractivity contribution is 0.149. The van der Waals surface area contributed by atoms with Crippen LogP contribution in [0.15, 0.2) is 48.8 Å². The Morgan fingerprint density at radius 1 is 0.735 bits per heavy atom. The number of allylic oxidation sites excluding steroid dienone is 1. The van der Waals surface area contributed by atoms with Crippen LogP contribution in [0.25, 0.3) is 10.6 Å².